The third-order valence-electron chi connectivity index (χ3n) is 13.7. The van der Waals surface area contributed by atoms with Gasteiger partial charge in [-0.25, -0.2) is 4.98 Å². The lowest BCUT2D eigenvalue weighted by atomic mass is 9.82. The van der Waals surface area contributed by atoms with Gasteiger partial charge in [-0.05, 0) is 87.8 Å². The van der Waals surface area contributed by atoms with E-state index >= 15 is 0 Å². The van der Waals surface area contributed by atoms with E-state index in [2.05, 4.69) is 236 Å². The number of anilines is 4. The standard InChI is InChI=1S/C60H48N4O/c1-39(2)49-36-57(61-37-50(49)41-20-9-6-10-21-41)64-53-27-14-12-24-46(53)47-31-30-44(35-56(47)64)65-43-23-17-22-42(34-43)62-38-63(55-29-16-15-28-54(55)62)59-45(40-18-7-5-8-19-40)32-33-52-58(59)48-25-11-13-26-51(48)60(52,3)4/h5-37,39H,38H2,1-4H3. The van der Waals surface area contributed by atoms with E-state index in [0.29, 0.717) is 12.6 Å². The quantitative estimate of drug-likeness (QED) is 0.153. The van der Waals surface area contributed by atoms with Crippen LogP contribution in [0.5, 0.6) is 11.5 Å². The van der Waals surface area contributed by atoms with E-state index in [1.165, 1.54) is 61.3 Å². The van der Waals surface area contributed by atoms with Crippen LogP contribution in [0, 0.1) is 0 Å². The highest BCUT2D eigenvalue weighted by Gasteiger charge is 2.40. The van der Waals surface area contributed by atoms with Crippen molar-refractivity contribution in [3.8, 4) is 50.7 Å². The second kappa shape index (κ2) is 15.1. The maximum absolute atomic E-state index is 6.84. The fourth-order valence-corrected chi connectivity index (χ4v) is 10.6. The summed E-state index contributed by atoms with van der Waals surface area (Å²) in [4.78, 5) is 10.1. The molecule has 1 aliphatic heterocycles. The van der Waals surface area contributed by atoms with Gasteiger partial charge in [0.05, 0.1) is 28.1 Å². The monoisotopic (exact) mass is 840 g/mol. The highest BCUT2D eigenvalue weighted by Crippen LogP contribution is 2.57. The topological polar surface area (TPSA) is 33.5 Å². The fraction of sp³-hybridized carbons (Fsp3) is 0.117. The van der Waals surface area contributed by atoms with Gasteiger partial charge >= 0.3 is 0 Å². The summed E-state index contributed by atoms with van der Waals surface area (Å²) in [7, 11) is 0. The summed E-state index contributed by atoms with van der Waals surface area (Å²) in [6, 6.07) is 69.7. The van der Waals surface area contributed by atoms with Crippen LogP contribution in [0.25, 0.3) is 61.0 Å². The molecule has 314 valence electrons. The Morgan fingerprint density at radius 1 is 0.523 bits per heavy atom. The van der Waals surface area contributed by atoms with E-state index < -0.39 is 0 Å². The van der Waals surface area contributed by atoms with E-state index in [1.54, 1.807) is 0 Å². The van der Waals surface area contributed by atoms with Crippen LogP contribution >= 0.6 is 0 Å². The van der Waals surface area contributed by atoms with E-state index in [-0.39, 0.29) is 5.41 Å². The molecule has 2 aliphatic rings. The minimum absolute atomic E-state index is 0.127. The molecule has 0 spiro atoms. The van der Waals surface area contributed by atoms with Crippen LogP contribution in [-0.2, 0) is 5.41 Å². The van der Waals surface area contributed by atoms with Gasteiger partial charge in [-0.2, -0.15) is 0 Å². The molecular weight excluding hydrogens is 793 g/mol. The first kappa shape index (κ1) is 38.8. The molecule has 5 nitrogen and oxygen atoms in total. The summed E-state index contributed by atoms with van der Waals surface area (Å²) >= 11 is 0. The van der Waals surface area contributed by atoms with Crippen LogP contribution < -0.4 is 14.5 Å². The molecule has 0 saturated carbocycles. The molecule has 5 heteroatoms. The largest absolute Gasteiger partial charge is 0.457 e. The lowest BCUT2D eigenvalue weighted by Gasteiger charge is -2.28. The Morgan fingerprint density at radius 2 is 1.18 bits per heavy atom. The molecule has 0 unspecified atom stereocenters. The molecule has 0 amide bonds. The third-order valence-corrected chi connectivity index (χ3v) is 13.7. The average molecular weight is 841 g/mol. The summed E-state index contributed by atoms with van der Waals surface area (Å²) in [5, 5.41) is 2.34. The summed E-state index contributed by atoms with van der Waals surface area (Å²) in [6.45, 7) is 9.87. The van der Waals surface area contributed by atoms with Crippen LogP contribution in [0.3, 0.4) is 0 Å². The second-order valence-corrected chi connectivity index (χ2v) is 18.2. The van der Waals surface area contributed by atoms with Gasteiger partial charge < -0.3 is 14.5 Å². The van der Waals surface area contributed by atoms with E-state index in [4.69, 9.17) is 9.72 Å². The Hall–Kier alpha value is -7.89. The number of nitrogens with zero attached hydrogens (tertiary/aromatic N) is 4. The Kier molecular flexibility index (Phi) is 9.02. The van der Waals surface area contributed by atoms with Crippen molar-refractivity contribution in [2.75, 3.05) is 16.5 Å². The minimum Gasteiger partial charge on any atom is -0.457 e. The van der Waals surface area contributed by atoms with Gasteiger partial charge in [0, 0.05) is 56.9 Å². The first-order chi connectivity index (χ1) is 31.8. The first-order valence-corrected chi connectivity index (χ1v) is 22.7. The number of benzene rings is 8. The fourth-order valence-electron chi connectivity index (χ4n) is 10.6. The molecule has 8 aromatic carbocycles. The molecule has 0 bridgehead atoms. The maximum Gasteiger partial charge on any atom is 0.137 e. The van der Waals surface area contributed by atoms with Gasteiger partial charge in [-0.1, -0.05) is 161 Å². The maximum atomic E-state index is 6.84. The van der Waals surface area contributed by atoms with Gasteiger partial charge in [0.15, 0.2) is 0 Å². The lowest BCUT2D eigenvalue weighted by molar-refractivity contribution is 0.483. The van der Waals surface area contributed by atoms with Crippen molar-refractivity contribution in [3.05, 3.63) is 217 Å². The second-order valence-electron chi connectivity index (χ2n) is 18.2. The molecular formula is C60H48N4O. The molecule has 3 heterocycles. The average Bonchev–Trinajstić information content (AvgIpc) is 3.97. The molecule has 2 aromatic heterocycles. The Morgan fingerprint density at radius 3 is 1.97 bits per heavy atom. The number of hydrogen-bond acceptors (Lipinski definition) is 4. The number of aromatic nitrogens is 2. The zero-order valence-corrected chi connectivity index (χ0v) is 37.0. The number of pyridine rings is 1. The van der Waals surface area contributed by atoms with Crippen LogP contribution in [0.1, 0.15) is 50.3 Å². The first-order valence-electron chi connectivity index (χ1n) is 22.7. The Balaban J connectivity index is 0.932. The van der Waals surface area contributed by atoms with Crippen molar-refractivity contribution in [1.29, 1.82) is 0 Å². The zero-order chi connectivity index (χ0) is 43.8. The zero-order valence-electron chi connectivity index (χ0n) is 37.0. The number of rotatable bonds is 8. The Labute approximate surface area is 380 Å². The normalized spacial score (nSPS) is 13.7. The highest BCUT2D eigenvalue weighted by molar-refractivity contribution is 6.09. The van der Waals surface area contributed by atoms with Crippen LogP contribution in [0.4, 0.5) is 22.7 Å². The van der Waals surface area contributed by atoms with Crippen molar-refractivity contribution in [3.63, 3.8) is 0 Å². The van der Waals surface area contributed by atoms with Crippen LogP contribution in [-0.4, -0.2) is 16.2 Å². The smallest absolute Gasteiger partial charge is 0.137 e. The summed E-state index contributed by atoms with van der Waals surface area (Å²) in [6.07, 6.45) is 2.04. The number of para-hydroxylation sites is 3. The molecule has 65 heavy (non-hydrogen) atoms. The van der Waals surface area contributed by atoms with E-state index in [0.717, 1.165) is 50.7 Å². The third kappa shape index (κ3) is 6.25. The SMILES string of the molecule is CC(C)c1cc(-n2c3ccccc3c3ccc(Oc4cccc(N5CN(c6c(-c7ccccc7)ccc7c6-c6ccccc6C7(C)C)c6ccccc65)c4)cc32)ncc1-c1ccccc1. The predicted octanol–water partition coefficient (Wildman–Crippen LogP) is 16.0. The minimum atomic E-state index is -0.127. The van der Waals surface area contributed by atoms with Crippen molar-refractivity contribution < 1.29 is 4.74 Å². The molecule has 1 aliphatic carbocycles. The summed E-state index contributed by atoms with van der Waals surface area (Å²) in [5.74, 6) is 2.74. The molecule has 0 fully saturated rings. The molecule has 0 saturated heterocycles. The number of fused-ring (bicyclic) bond motifs is 7. The predicted molar refractivity (Wildman–Crippen MR) is 270 cm³/mol. The molecule has 10 aromatic rings. The van der Waals surface area contributed by atoms with Gasteiger partial charge in [0.25, 0.3) is 0 Å². The van der Waals surface area contributed by atoms with Crippen LogP contribution in [0.15, 0.2) is 200 Å². The van der Waals surface area contributed by atoms with E-state index in [1.807, 2.05) is 6.20 Å². The van der Waals surface area contributed by atoms with Gasteiger partial charge in [0.2, 0.25) is 0 Å². The van der Waals surface area contributed by atoms with Gasteiger partial charge in [0.1, 0.15) is 24.0 Å². The van der Waals surface area contributed by atoms with Crippen molar-refractivity contribution in [2.45, 2.75) is 39.0 Å². The molecule has 12 rings (SSSR count). The molecule has 0 N–H and O–H groups in total. The Bertz CT molecular complexity index is 3460. The van der Waals surface area contributed by atoms with Crippen LogP contribution in [0.2, 0.25) is 0 Å². The van der Waals surface area contributed by atoms with E-state index in [9.17, 15) is 0 Å². The lowest BCUT2D eigenvalue weighted by Crippen LogP contribution is -2.25. The van der Waals surface area contributed by atoms with Gasteiger partial charge in [-0.3, -0.25) is 4.57 Å². The number of hydrogen-bond donors (Lipinski definition) is 0. The van der Waals surface area contributed by atoms with Crippen molar-refractivity contribution in [2.24, 2.45) is 0 Å². The summed E-state index contributed by atoms with van der Waals surface area (Å²) < 4.78 is 9.12. The van der Waals surface area contributed by atoms with Crippen molar-refractivity contribution >= 4 is 44.6 Å². The van der Waals surface area contributed by atoms with Crippen molar-refractivity contribution in [1.82, 2.24) is 9.55 Å². The highest BCUT2D eigenvalue weighted by atomic mass is 16.5. The number of ether oxygens (including phenoxy) is 1. The molecule has 0 radical (unpaired) electrons. The summed E-state index contributed by atoms with van der Waals surface area (Å²) in [5.41, 5.74) is 18.0. The molecule has 0 atom stereocenters. The van der Waals surface area contributed by atoms with Gasteiger partial charge in [-0.15, -0.1) is 0 Å².